The number of methoxy groups -OCH3 is 2. The van der Waals surface area contributed by atoms with E-state index in [1.54, 1.807) is 26.4 Å². The first kappa shape index (κ1) is 48.2. The van der Waals surface area contributed by atoms with Crippen molar-refractivity contribution in [2.45, 2.75) is 52.4 Å². The third-order valence-electron chi connectivity index (χ3n) is 13.2. The normalized spacial score (nSPS) is 11.8. The molecule has 0 radical (unpaired) electrons. The van der Waals surface area contributed by atoms with Crippen molar-refractivity contribution in [3.63, 3.8) is 0 Å². The molecule has 0 saturated heterocycles. The second kappa shape index (κ2) is 20.2. The van der Waals surface area contributed by atoms with Crippen LogP contribution in [0, 0.1) is 17.9 Å². The van der Waals surface area contributed by atoms with Crippen LogP contribution in [0.2, 0.25) is 0 Å². The van der Waals surface area contributed by atoms with Gasteiger partial charge in [0.05, 0.1) is 43.8 Å². The van der Waals surface area contributed by atoms with Crippen molar-refractivity contribution in [2.75, 3.05) is 24.0 Å². The summed E-state index contributed by atoms with van der Waals surface area (Å²) in [7, 11) is 3.36. The highest BCUT2D eigenvalue weighted by Crippen LogP contribution is 2.44. The number of rotatable bonds is 12. The van der Waals surface area contributed by atoms with Crippen molar-refractivity contribution in [3.05, 3.63) is 232 Å². The summed E-state index contributed by atoms with van der Waals surface area (Å²) >= 11 is 0. The molecule has 354 valence electrons. The summed E-state index contributed by atoms with van der Waals surface area (Å²) in [4.78, 5) is 8.47. The van der Waals surface area contributed by atoms with Crippen LogP contribution in [0.25, 0.3) is 50.7 Å². The van der Waals surface area contributed by atoms with Crippen LogP contribution in [0.1, 0.15) is 80.5 Å². The molecule has 9 rings (SSSR count). The molecule has 72 heavy (non-hydrogen) atoms. The monoisotopic (exact) mass is 938 g/mol. The molecule has 9 aromatic rings. The zero-order valence-electron chi connectivity index (χ0n) is 42.2. The number of hydrogen-bond donors (Lipinski definition) is 0. The van der Waals surface area contributed by atoms with Crippen molar-refractivity contribution in [2.24, 2.45) is 0 Å². The lowest BCUT2D eigenvalue weighted by atomic mass is 9.83. The molecule has 0 aliphatic carbocycles. The van der Waals surface area contributed by atoms with E-state index in [-0.39, 0.29) is 10.8 Å². The second-order valence-electron chi connectivity index (χ2n) is 20.0. The van der Waals surface area contributed by atoms with Gasteiger partial charge < -0.3 is 19.3 Å². The van der Waals surface area contributed by atoms with E-state index in [9.17, 15) is 5.26 Å². The lowest BCUT2D eigenvalue weighted by Gasteiger charge is -2.29. The van der Waals surface area contributed by atoms with E-state index in [1.807, 2.05) is 48.6 Å². The predicted octanol–water partition coefficient (Wildman–Crippen LogP) is 18.3. The van der Waals surface area contributed by atoms with Crippen LogP contribution in [-0.2, 0) is 10.8 Å². The first-order valence-corrected chi connectivity index (χ1v) is 24.2. The lowest BCUT2D eigenvalue weighted by Crippen LogP contribution is -2.14. The quantitative estimate of drug-likeness (QED) is 0.0902. The van der Waals surface area contributed by atoms with E-state index in [4.69, 9.17) is 16.0 Å². The molecule has 0 atom stereocenters. The van der Waals surface area contributed by atoms with Crippen LogP contribution < -0.4 is 19.3 Å². The average molecular weight is 939 g/mol. The second-order valence-corrected chi connectivity index (χ2v) is 20.0. The van der Waals surface area contributed by atoms with Gasteiger partial charge in [0, 0.05) is 33.5 Å². The number of fused-ring (bicyclic) bond motifs is 2. The zero-order valence-corrected chi connectivity index (χ0v) is 42.2. The number of anilines is 6. The third-order valence-corrected chi connectivity index (χ3v) is 13.2. The highest BCUT2D eigenvalue weighted by atomic mass is 16.5. The van der Waals surface area contributed by atoms with Crippen molar-refractivity contribution in [1.29, 1.82) is 5.26 Å². The van der Waals surface area contributed by atoms with Gasteiger partial charge in [-0.1, -0.05) is 151 Å². The summed E-state index contributed by atoms with van der Waals surface area (Å²) in [5, 5.41) is 15.2. The first-order valence-electron chi connectivity index (χ1n) is 24.2. The van der Waals surface area contributed by atoms with Crippen LogP contribution in [0.3, 0.4) is 0 Å². The number of nitriles is 1. The molecule has 0 heterocycles. The molecule has 0 bridgehead atoms. The average Bonchev–Trinajstić information content (AvgIpc) is 3.40. The molecule has 0 aliphatic rings. The van der Waals surface area contributed by atoms with Gasteiger partial charge in [-0.05, 0) is 152 Å². The van der Waals surface area contributed by atoms with Gasteiger partial charge in [-0.3, -0.25) is 0 Å². The summed E-state index contributed by atoms with van der Waals surface area (Å²) in [5.74, 6) is 1.59. The standard InChI is InChI=1S/C66H58N4O2/c1-65(2,3)60-38-40-63(58-16-12-10-14-56(58)60)69(52-30-34-54(71-8)35-31-52)50-26-20-45(21-27-50)18-24-47-43-62(68-7)48(42-49(47)44-67)25-19-46-22-28-51(29-23-46)70(53-32-36-55(72-9)37-33-53)64-41-39-61(66(4,5)6)57-15-11-13-17-59(57)64/h10-43H,1-6,8-9H3. The molecule has 0 aliphatic heterocycles. The van der Waals surface area contributed by atoms with Crippen molar-refractivity contribution < 1.29 is 9.47 Å². The Bertz CT molecular complexity index is 3320. The van der Waals surface area contributed by atoms with Crippen molar-refractivity contribution >= 4 is 85.7 Å². The Morgan fingerprint density at radius 3 is 1.19 bits per heavy atom. The minimum Gasteiger partial charge on any atom is -0.497 e. The summed E-state index contributed by atoms with van der Waals surface area (Å²) in [6.07, 6.45) is 7.83. The molecule has 6 heteroatoms. The van der Waals surface area contributed by atoms with Crippen molar-refractivity contribution in [3.8, 4) is 17.6 Å². The maximum absolute atomic E-state index is 10.4. The molecule has 0 unspecified atom stereocenters. The van der Waals surface area contributed by atoms with Gasteiger partial charge >= 0.3 is 0 Å². The van der Waals surface area contributed by atoms with E-state index in [1.165, 1.54) is 32.7 Å². The molecular weight excluding hydrogens is 881 g/mol. The smallest absolute Gasteiger partial charge is 0.194 e. The van der Waals surface area contributed by atoms with Gasteiger partial charge in [0.25, 0.3) is 0 Å². The Morgan fingerprint density at radius 2 is 0.833 bits per heavy atom. The van der Waals surface area contributed by atoms with E-state index in [0.717, 1.165) is 56.8 Å². The van der Waals surface area contributed by atoms with Crippen LogP contribution in [0.15, 0.2) is 182 Å². The molecule has 0 aromatic heterocycles. The number of benzene rings is 9. The summed E-state index contributed by atoms with van der Waals surface area (Å²) in [6.45, 7) is 21.7. The highest BCUT2D eigenvalue weighted by molar-refractivity contribution is 6.02. The van der Waals surface area contributed by atoms with Crippen molar-refractivity contribution in [1.82, 2.24) is 0 Å². The summed E-state index contributed by atoms with van der Waals surface area (Å²) < 4.78 is 11.0. The first-order chi connectivity index (χ1) is 34.8. The molecule has 9 aromatic carbocycles. The van der Waals surface area contributed by atoms with Crippen LogP contribution >= 0.6 is 0 Å². The molecule has 0 amide bonds. The largest absolute Gasteiger partial charge is 0.497 e. The summed E-state index contributed by atoms with van der Waals surface area (Å²) in [6, 6.07) is 65.3. The van der Waals surface area contributed by atoms with E-state index < -0.39 is 0 Å². The van der Waals surface area contributed by atoms with Crippen LogP contribution in [-0.4, -0.2) is 14.2 Å². The predicted molar refractivity (Wildman–Crippen MR) is 303 cm³/mol. The van der Waals surface area contributed by atoms with Gasteiger partial charge in [0.15, 0.2) is 5.69 Å². The van der Waals surface area contributed by atoms with Gasteiger partial charge in [0.1, 0.15) is 11.5 Å². The molecule has 0 N–H and O–H groups in total. The molecule has 6 nitrogen and oxygen atoms in total. The highest BCUT2D eigenvalue weighted by Gasteiger charge is 2.23. The fourth-order valence-electron chi connectivity index (χ4n) is 9.51. The molecule has 0 fully saturated rings. The SMILES string of the molecule is [C-]#[N+]c1cc(C=Cc2ccc(N(c3ccc(OC)cc3)c3ccc(C(C)(C)C)c4ccccc34)cc2)c(C#N)cc1C=Cc1ccc(N(c2ccc(OC)cc2)c2ccc(C(C)(C)C)c3ccccc23)cc1. The van der Waals surface area contributed by atoms with E-state index in [0.29, 0.717) is 22.4 Å². The maximum atomic E-state index is 10.4. The fourth-order valence-corrected chi connectivity index (χ4v) is 9.51. The summed E-state index contributed by atoms with van der Waals surface area (Å²) in [5.41, 5.74) is 12.9. The molecule has 0 saturated carbocycles. The Kier molecular flexibility index (Phi) is 13.6. The molecular formula is C66H58N4O2. The van der Waals surface area contributed by atoms with E-state index >= 15 is 0 Å². The Morgan fingerprint density at radius 1 is 0.458 bits per heavy atom. The van der Waals surface area contributed by atoms with E-state index in [2.05, 4.69) is 208 Å². The molecule has 0 spiro atoms. The topological polar surface area (TPSA) is 53.1 Å². The Hall–Kier alpha value is -8.84. The Labute approximate surface area is 424 Å². The Balaban J connectivity index is 0.990. The van der Waals surface area contributed by atoms with Gasteiger partial charge in [0.2, 0.25) is 0 Å². The fraction of sp³-hybridized carbons (Fsp3) is 0.152. The third kappa shape index (κ3) is 9.95. The minimum atomic E-state index is -0.0249. The number of hydrogen-bond acceptors (Lipinski definition) is 5. The maximum Gasteiger partial charge on any atom is 0.194 e. The van der Waals surface area contributed by atoms with Crippen LogP contribution in [0.4, 0.5) is 39.8 Å². The number of ether oxygens (including phenoxy) is 2. The zero-order chi connectivity index (χ0) is 50.6. The lowest BCUT2D eigenvalue weighted by molar-refractivity contribution is 0.414. The number of nitrogens with zero attached hydrogens (tertiary/aromatic N) is 4. The van der Waals surface area contributed by atoms with Crippen LogP contribution in [0.5, 0.6) is 11.5 Å². The van der Waals surface area contributed by atoms with Gasteiger partial charge in [-0.15, -0.1) is 0 Å². The minimum absolute atomic E-state index is 0.0247. The van der Waals surface area contributed by atoms with Gasteiger partial charge in [-0.2, -0.15) is 5.26 Å². The van der Waals surface area contributed by atoms with Gasteiger partial charge in [-0.25, -0.2) is 4.85 Å².